The number of aliphatic hydroxyl groups is 1. The van der Waals surface area contributed by atoms with E-state index in [4.69, 9.17) is 9.47 Å². The van der Waals surface area contributed by atoms with Gasteiger partial charge in [-0.2, -0.15) is 0 Å². The van der Waals surface area contributed by atoms with E-state index in [1.807, 2.05) is 0 Å². The third-order valence-electron chi connectivity index (χ3n) is 5.15. The maximum atomic E-state index is 14.6. The van der Waals surface area contributed by atoms with Crippen LogP contribution in [0.2, 0.25) is 0 Å². The Morgan fingerprint density at radius 2 is 2.00 bits per heavy atom. The molecule has 1 aliphatic heterocycles. The number of hydrogen-bond donors (Lipinski definition) is 1. The Morgan fingerprint density at radius 3 is 2.72 bits per heavy atom. The molecular weight excluding hydrogens is 415 g/mol. The van der Waals surface area contributed by atoms with Gasteiger partial charge in [-0.25, -0.2) is 4.39 Å². The van der Waals surface area contributed by atoms with Crippen molar-refractivity contribution in [3.8, 4) is 0 Å². The highest BCUT2D eigenvalue weighted by Crippen LogP contribution is 2.21. The van der Waals surface area contributed by atoms with Crippen LogP contribution in [0.3, 0.4) is 0 Å². The molecular formula is C24H27FN2O5. The molecule has 1 heterocycles. The van der Waals surface area contributed by atoms with Crippen LogP contribution < -0.4 is 0 Å². The average molecular weight is 442 g/mol. The molecule has 1 saturated heterocycles. The molecule has 2 aromatic carbocycles. The summed E-state index contributed by atoms with van der Waals surface area (Å²) in [6.45, 7) is 4.76. The Kier molecular flexibility index (Phi) is 8.61. The van der Waals surface area contributed by atoms with E-state index in [9.17, 15) is 19.1 Å². The van der Waals surface area contributed by atoms with Crippen molar-refractivity contribution in [3.05, 3.63) is 65.0 Å². The number of halogens is 1. The molecule has 170 valence electrons. The van der Waals surface area contributed by atoms with Gasteiger partial charge in [0.1, 0.15) is 5.82 Å². The fourth-order valence-corrected chi connectivity index (χ4v) is 3.44. The third kappa shape index (κ3) is 6.06. The van der Waals surface area contributed by atoms with Crippen LogP contribution in [-0.2, 0) is 27.4 Å². The van der Waals surface area contributed by atoms with Gasteiger partial charge in [0.2, 0.25) is 0 Å². The standard InChI is InChI=1S/C24H27FN2O5/c1-2-32-24(30)20(14-26-22-6-4-3-5-18(22)16-28)23(29)19-13-17(7-8-21(19)25)15-27-9-11-31-12-10-27/h3-8,13-14,20,28H,2,9-12,15-16H2,1H3. The lowest BCUT2D eigenvalue weighted by Crippen LogP contribution is -2.35. The third-order valence-corrected chi connectivity index (χ3v) is 5.15. The van der Waals surface area contributed by atoms with Gasteiger partial charge in [0.05, 0.1) is 37.7 Å². The summed E-state index contributed by atoms with van der Waals surface area (Å²) in [5.41, 5.74) is 1.54. The molecule has 0 saturated carbocycles. The van der Waals surface area contributed by atoms with Crippen LogP contribution in [0.15, 0.2) is 47.5 Å². The van der Waals surface area contributed by atoms with Crippen molar-refractivity contribution < 1.29 is 28.6 Å². The van der Waals surface area contributed by atoms with Gasteiger partial charge in [-0.05, 0) is 30.7 Å². The van der Waals surface area contributed by atoms with E-state index < -0.39 is 23.5 Å². The van der Waals surface area contributed by atoms with Gasteiger partial charge in [-0.3, -0.25) is 19.5 Å². The highest BCUT2D eigenvalue weighted by molar-refractivity contribution is 6.18. The second kappa shape index (κ2) is 11.6. The molecule has 1 N–H and O–H groups in total. The van der Waals surface area contributed by atoms with Gasteiger partial charge in [0.25, 0.3) is 0 Å². The number of aliphatic imine (C=N–C) groups is 1. The van der Waals surface area contributed by atoms with Gasteiger partial charge < -0.3 is 14.6 Å². The number of hydrogen-bond acceptors (Lipinski definition) is 7. The predicted octanol–water partition coefficient (Wildman–Crippen LogP) is 2.91. The first kappa shape index (κ1) is 23.7. The first-order valence-corrected chi connectivity index (χ1v) is 10.6. The predicted molar refractivity (Wildman–Crippen MR) is 117 cm³/mol. The minimum absolute atomic E-state index is 0.0727. The second-order valence-corrected chi connectivity index (χ2v) is 7.36. The maximum absolute atomic E-state index is 14.6. The van der Waals surface area contributed by atoms with Gasteiger partial charge in [0.15, 0.2) is 11.7 Å². The lowest BCUT2D eigenvalue weighted by Gasteiger charge is -2.26. The number of morpholine rings is 1. The molecule has 2 aromatic rings. The van der Waals surface area contributed by atoms with E-state index in [1.54, 1.807) is 37.3 Å². The molecule has 0 aromatic heterocycles. The lowest BCUT2D eigenvalue weighted by molar-refractivity contribution is -0.143. The van der Waals surface area contributed by atoms with Crippen LogP contribution in [0.1, 0.15) is 28.4 Å². The second-order valence-electron chi connectivity index (χ2n) is 7.36. The Hall–Kier alpha value is -2.94. The molecule has 0 bridgehead atoms. The number of esters is 1. The smallest absolute Gasteiger partial charge is 0.322 e. The summed E-state index contributed by atoms with van der Waals surface area (Å²) in [5, 5.41) is 9.47. The van der Waals surface area contributed by atoms with Gasteiger partial charge in [-0.15, -0.1) is 0 Å². The van der Waals surface area contributed by atoms with E-state index in [2.05, 4.69) is 9.89 Å². The zero-order chi connectivity index (χ0) is 22.9. The summed E-state index contributed by atoms with van der Waals surface area (Å²) in [4.78, 5) is 32.1. The molecule has 1 unspecified atom stereocenters. The molecule has 7 nitrogen and oxygen atoms in total. The van der Waals surface area contributed by atoms with Crippen molar-refractivity contribution in [2.24, 2.45) is 10.9 Å². The fourth-order valence-electron chi connectivity index (χ4n) is 3.44. The molecule has 32 heavy (non-hydrogen) atoms. The number of rotatable bonds is 9. The van der Waals surface area contributed by atoms with Crippen LogP contribution in [0.5, 0.6) is 0 Å². The molecule has 3 rings (SSSR count). The maximum Gasteiger partial charge on any atom is 0.322 e. The number of benzene rings is 2. The van der Waals surface area contributed by atoms with Crippen molar-refractivity contribution >= 4 is 23.7 Å². The Bertz CT molecular complexity index is 973. The van der Waals surface area contributed by atoms with E-state index >= 15 is 0 Å². The normalized spacial score (nSPS) is 15.6. The Labute approximate surface area is 186 Å². The summed E-state index contributed by atoms with van der Waals surface area (Å²) in [5.74, 6) is -3.65. The molecule has 1 aliphatic rings. The molecule has 1 fully saturated rings. The van der Waals surface area contributed by atoms with Crippen molar-refractivity contribution in [2.75, 3.05) is 32.9 Å². The molecule has 1 atom stereocenters. The summed E-state index contributed by atoms with van der Waals surface area (Å²) in [7, 11) is 0. The number of Topliss-reactive ketones (excluding diaryl/α,β-unsaturated/α-hetero) is 1. The molecule has 0 aliphatic carbocycles. The number of aliphatic hydroxyl groups excluding tert-OH is 1. The van der Waals surface area contributed by atoms with Crippen LogP contribution >= 0.6 is 0 Å². The fraction of sp³-hybridized carbons (Fsp3) is 0.375. The first-order chi connectivity index (χ1) is 15.5. The zero-order valence-corrected chi connectivity index (χ0v) is 18.0. The van der Waals surface area contributed by atoms with Gasteiger partial charge >= 0.3 is 5.97 Å². The van der Waals surface area contributed by atoms with Crippen molar-refractivity contribution in [3.63, 3.8) is 0 Å². The van der Waals surface area contributed by atoms with E-state index in [0.29, 0.717) is 31.0 Å². The Morgan fingerprint density at radius 1 is 1.25 bits per heavy atom. The summed E-state index contributed by atoms with van der Waals surface area (Å²) >= 11 is 0. The molecule has 0 spiro atoms. The largest absolute Gasteiger partial charge is 0.465 e. The van der Waals surface area contributed by atoms with Crippen LogP contribution in [0, 0.1) is 11.7 Å². The monoisotopic (exact) mass is 442 g/mol. The molecule has 0 amide bonds. The number of nitrogens with zero attached hydrogens (tertiary/aromatic N) is 2. The van der Waals surface area contributed by atoms with Crippen LogP contribution in [0.4, 0.5) is 10.1 Å². The number of carbonyl (C=O) groups excluding carboxylic acids is 2. The number of ether oxygens (including phenoxy) is 2. The van der Waals surface area contributed by atoms with E-state index in [1.165, 1.54) is 12.1 Å². The highest BCUT2D eigenvalue weighted by Gasteiger charge is 2.30. The number of para-hydroxylation sites is 1. The number of carbonyl (C=O) groups is 2. The van der Waals surface area contributed by atoms with E-state index in [-0.39, 0.29) is 18.8 Å². The SMILES string of the molecule is CCOC(=O)C(C=Nc1ccccc1CO)C(=O)c1cc(CN2CCOCC2)ccc1F. The van der Waals surface area contributed by atoms with Crippen molar-refractivity contribution in [1.82, 2.24) is 4.90 Å². The quantitative estimate of drug-likeness (QED) is 0.278. The summed E-state index contributed by atoms with van der Waals surface area (Å²) < 4.78 is 25.0. The van der Waals surface area contributed by atoms with Crippen LogP contribution in [-0.4, -0.2) is 60.9 Å². The average Bonchev–Trinajstić information content (AvgIpc) is 2.81. The van der Waals surface area contributed by atoms with E-state index in [0.717, 1.165) is 24.9 Å². The molecule has 8 heteroatoms. The summed E-state index contributed by atoms with van der Waals surface area (Å²) in [6, 6.07) is 11.2. The Balaban J connectivity index is 1.87. The van der Waals surface area contributed by atoms with Gasteiger partial charge in [0, 0.05) is 31.4 Å². The van der Waals surface area contributed by atoms with Gasteiger partial charge in [-0.1, -0.05) is 24.3 Å². The zero-order valence-electron chi connectivity index (χ0n) is 18.0. The van der Waals surface area contributed by atoms with Crippen molar-refractivity contribution in [1.29, 1.82) is 0 Å². The minimum atomic E-state index is -1.41. The van der Waals surface area contributed by atoms with Crippen molar-refractivity contribution in [2.45, 2.75) is 20.1 Å². The first-order valence-electron chi connectivity index (χ1n) is 10.6. The number of ketones is 1. The lowest BCUT2D eigenvalue weighted by atomic mass is 9.96. The minimum Gasteiger partial charge on any atom is -0.465 e. The van der Waals surface area contributed by atoms with Crippen LogP contribution in [0.25, 0.3) is 0 Å². The highest BCUT2D eigenvalue weighted by atomic mass is 19.1. The summed E-state index contributed by atoms with van der Waals surface area (Å²) in [6.07, 6.45) is 1.16. The molecule has 0 radical (unpaired) electrons. The topological polar surface area (TPSA) is 88.4 Å².